The van der Waals surface area contributed by atoms with Crippen molar-refractivity contribution < 1.29 is 19.1 Å². The maximum Gasteiger partial charge on any atom is 0.329 e. The molecule has 0 aromatic heterocycles. The normalized spacial score (nSPS) is 10.8. The summed E-state index contributed by atoms with van der Waals surface area (Å²) >= 11 is 0. The highest BCUT2D eigenvalue weighted by molar-refractivity contribution is 6.39. The van der Waals surface area contributed by atoms with Gasteiger partial charge < -0.3 is 14.8 Å². The predicted octanol–water partition coefficient (Wildman–Crippen LogP) is 2.18. The highest BCUT2D eigenvalue weighted by Crippen LogP contribution is 2.28. The first-order valence-electron chi connectivity index (χ1n) is 7.48. The smallest absolute Gasteiger partial charge is 0.329 e. The summed E-state index contributed by atoms with van der Waals surface area (Å²) in [6.07, 6.45) is 0. The lowest BCUT2D eigenvalue weighted by atomic mass is 10.1. The van der Waals surface area contributed by atoms with E-state index in [9.17, 15) is 9.59 Å². The van der Waals surface area contributed by atoms with Crippen molar-refractivity contribution >= 4 is 23.2 Å². The second-order valence-corrected chi connectivity index (χ2v) is 5.02. The fourth-order valence-electron chi connectivity index (χ4n) is 2.01. The molecule has 2 rings (SSSR count). The van der Waals surface area contributed by atoms with Crippen LogP contribution in [-0.2, 0) is 9.59 Å². The predicted molar refractivity (Wildman–Crippen MR) is 95.0 cm³/mol. The SMILES string of the molecule is COc1ccc(NC(=O)C(=O)N/N=C(\C)c2ccccc2)c(OC)c1. The summed E-state index contributed by atoms with van der Waals surface area (Å²) in [5.41, 5.74) is 4.02. The largest absolute Gasteiger partial charge is 0.497 e. The number of hydrazone groups is 1. The number of hydrogen-bond acceptors (Lipinski definition) is 5. The number of ether oxygens (including phenoxy) is 2. The minimum Gasteiger partial charge on any atom is -0.497 e. The van der Waals surface area contributed by atoms with Gasteiger partial charge in [-0.2, -0.15) is 5.10 Å². The summed E-state index contributed by atoms with van der Waals surface area (Å²) in [5.74, 6) is -0.784. The number of rotatable bonds is 5. The number of methoxy groups -OCH3 is 2. The van der Waals surface area contributed by atoms with Crippen molar-refractivity contribution in [2.24, 2.45) is 5.10 Å². The number of hydrogen-bond donors (Lipinski definition) is 2. The molecule has 2 aromatic carbocycles. The topological polar surface area (TPSA) is 89.0 Å². The minimum atomic E-state index is -0.881. The molecule has 0 saturated heterocycles. The van der Waals surface area contributed by atoms with E-state index >= 15 is 0 Å². The molecule has 7 nitrogen and oxygen atoms in total. The van der Waals surface area contributed by atoms with Crippen LogP contribution in [0.1, 0.15) is 12.5 Å². The monoisotopic (exact) mass is 341 g/mol. The van der Waals surface area contributed by atoms with Gasteiger partial charge >= 0.3 is 11.8 Å². The molecule has 0 unspecified atom stereocenters. The zero-order valence-corrected chi connectivity index (χ0v) is 14.2. The van der Waals surface area contributed by atoms with E-state index in [4.69, 9.17) is 9.47 Å². The second-order valence-electron chi connectivity index (χ2n) is 5.02. The first kappa shape index (κ1) is 18.0. The van der Waals surface area contributed by atoms with E-state index in [1.807, 2.05) is 30.3 Å². The summed E-state index contributed by atoms with van der Waals surface area (Å²) in [4.78, 5) is 23.9. The summed E-state index contributed by atoms with van der Waals surface area (Å²) in [6.45, 7) is 1.74. The fraction of sp³-hybridized carbons (Fsp3) is 0.167. The minimum absolute atomic E-state index is 0.354. The van der Waals surface area contributed by atoms with Gasteiger partial charge in [-0.1, -0.05) is 30.3 Å². The van der Waals surface area contributed by atoms with Gasteiger partial charge in [-0.05, 0) is 24.6 Å². The standard InChI is InChI=1S/C18H19N3O4/c1-12(13-7-5-4-6-8-13)20-21-18(23)17(22)19-15-10-9-14(24-2)11-16(15)25-3/h4-11H,1-3H3,(H,19,22)(H,21,23)/b20-12+. The van der Waals surface area contributed by atoms with Crippen LogP contribution in [0.5, 0.6) is 11.5 Å². The van der Waals surface area contributed by atoms with Crippen LogP contribution in [0.15, 0.2) is 53.6 Å². The van der Waals surface area contributed by atoms with Crippen LogP contribution in [0.4, 0.5) is 5.69 Å². The van der Waals surface area contributed by atoms with Crippen molar-refractivity contribution in [1.82, 2.24) is 5.43 Å². The Morgan fingerprint density at radius 2 is 1.68 bits per heavy atom. The van der Waals surface area contributed by atoms with Gasteiger partial charge in [0, 0.05) is 6.07 Å². The van der Waals surface area contributed by atoms with E-state index in [1.54, 1.807) is 25.1 Å². The molecule has 0 radical (unpaired) electrons. The van der Waals surface area contributed by atoms with Crippen LogP contribution in [0.25, 0.3) is 0 Å². The average molecular weight is 341 g/mol. The molecule has 7 heteroatoms. The summed E-state index contributed by atoms with van der Waals surface area (Å²) < 4.78 is 10.3. The molecule has 0 heterocycles. The Balaban J connectivity index is 2.02. The van der Waals surface area contributed by atoms with Gasteiger partial charge in [0.25, 0.3) is 0 Å². The van der Waals surface area contributed by atoms with Gasteiger partial charge in [0.1, 0.15) is 11.5 Å². The van der Waals surface area contributed by atoms with Crippen LogP contribution in [0.3, 0.4) is 0 Å². The third-order valence-corrected chi connectivity index (χ3v) is 3.38. The Hall–Kier alpha value is -3.35. The van der Waals surface area contributed by atoms with Crippen molar-refractivity contribution in [2.75, 3.05) is 19.5 Å². The Labute approximate surface area is 145 Å². The summed E-state index contributed by atoms with van der Waals surface area (Å²) in [5, 5.41) is 6.41. The van der Waals surface area contributed by atoms with Gasteiger partial charge in [-0.3, -0.25) is 9.59 Å². The molecule has 0 fully saturated rings. The van der Waals surface area contributed by atoms with Crippen molar-refractivity contribution in [2.45, 2.75) is 6.92 Å². The first-order chi connectivity index (χ1) is 12.0. The van der Waals surface area contributed by atoms with Crippen molar-refractivity contribution in [1.29, 1.82) is 0 Å². The number of benzene rings is 2. The maximum absolute atomic E-state index is 12.0. The van der Waals surface area contributed by atoms with Crippen LogP contribution >= 0.6 is 0 Å². The van der Waals surface area contributed by atoms with Crippen molar-refractivity contribution in [3.63, 3.8) is 0 Å². The van der Waals surface area contributed by atoms with Crippen LogP contribution in [0, 0.1) is 0 Å². The van der Waals surface area contributed by atoms with E-state index in [1.165, 1.54) is 14.2 Å². The molecule has 2 amide bonds. The molecule has 25 heavy (non-hydrogen) atoms. The first-order valence-corrected chi connectivity index (χ1v) is 7.48. The summed E-state index contributed by atoms with van der Waals surface area (Å²) in [7, 11) is 2.98. The Morgan fingerprint density at radius 1 is 0.960 bits per heavy atom. The van der Waals surface area contributed by atoms with Gasteiger partial charge in [0.2, 0.25) is 0 Å². The highest BCUT2D eigenvalue weighted by atomic mass is 16.5. The van der Waals surface area contributed by atoms with Gasteiger partial charge in [-0.15, -0.1) is 0 Å². The number of carbonyl (C=O) groups is 2. The Kier molecular flexibility index (Phi) is 6.11. The van der Waals surface area contributed by atoms with Crippen molar-refractivity contribution in [3.8, 4) is 11.5 Å². The number of nitrogens with one attached hydrogen (secondary N) is 2. The maximum atomic E-state index is 12.0. The zero-order chi connectivity index (χ0) is 18.2. The van der Waals surface area contributed by atoms with Crippen molar-refractivity contribution in [3.05, 3.63) is 54.1 Å². The molecule has 0 aliphatic rings. The molecule has 2 aromatic rings. The van der Waals surface area contributed by atoms with E-state index in [2.05, 4.69) is 15.8 Å². The Bertz CT molecular complexity index is 788. The number of anilines is 1. The van der Waals surface area contributed by atoms with E-state index in [0.29, 0.717) is 22.9 Å². The van der Waals surface area contributed by atoms with Gasteiger partial charge in [-0.25, -0.2) is 5.43 Å². The van der Waals surface area contributed by atoms with E-state index in [0.717, 1.165) is 5.56 Å². The summed E-state index contributed by atoms with van der Waals surface area (Å²) in [6, 6.07) is 14.1. The molecule has 0 spiro atoms. The van der Waals surface area contributed by atoms with E-state index < -0.39 is 11.8 Å². The highest BCUT2D eigenvalue weighted by Gasteiger charge is 2.16. The fourth-order valence-corrected chi connectivity index (χ4v) is 2.01. The molecular formula is C18H19N3O4. The molecule has 0 bridgehead atoms. The molecule has 0 aliphatic carbocycles. The Morgan fingerprint density at radius 3 is 2.32 bits per heavy atom. The zero-order valence-electron chi connectivity index (χ0n) is 14.2. The quantitative estimate of drug-likeness (QED) is 0.496. The van der Waals surface area contributed by atoms with Gasteiger partial charge in [0.15, 0.2) is 0 Å². The molecule has 2 N–H and O–H groups in total. The average Bonchev–Trinajstić information content (AvgIpc) is 2.66. The third kappa shape index (κ3) is 4.81. The molecule has 0 atom stereocenters. The third-order valence-electron chi connectivity index (χ3n) is 3.38. The van der Waals surface area contributed by atoms with Gasteiger partial charge in [0.05, 0.1) is 25.6 Å². The lowest BCUT2D eigenvalue weighted by Crippen LogP contribution is -2.33. The van der Waals surface area contributed by atoms with E-state index in [-0.39, 0.29) is 0 Å². The number of amides is 2. The molecule has 130 valence electrons. The molecule has 0 saturated carbocycles. The second kappa shape index (κ2) is 8.49. The van der Waals surface area contributed by atoms with Crippen LogP contribution in [-0.4, -0.2) is 31.7 Å². The number of nitrogens with zero attached hydrogens (tertiary/aromatic N) is 1. The van der Waals surface area contributed by atoms with Crippen LogP contribution < -0.4 is 20.2 Å². The van der Waals surface area contributed by atoms with Crippen LogP contribution in [0.2, 0.25) is 0 Å². The lowest BCUT2D eigenvalue weighted by Gasteiger charge is -2.11. The molecular weight excluding hydrogens is 322 g/mol. The lowest BCUT2D eigenvalue weighted by molar-refractivity contribution is -0.136. The molecule has 0 aliphatic heterocycles. The number of carbonyl (C=O) groups excluding carboxylic acids is 2.